The van der Waals surface area contributed by atoms with Gasteiger partial charge in [-0.05, 0) is 62.2 Å². The molecule has 9 nitrogen and oxygen atoms in total. The minimum atomic E-state index is -1.26. The molecule has 3 aromatic carbocycles. The van der Waals surface area contributed by atoms with Gasteiger partial charge in [-0.25, -0.2) is 0 Å². The Balaban J connectivity index is 1.38. The van der Waals surface area contributed by atoms with Crippen LogP contribution in [0.25, 0.3) is 0 Å². The Kier molecular flexibility index (Phi) is 8.50. The van der Waals surface area contributed by atoms with Gasteiger partial charge in [-0.3, -0.25) is 14.4 Å². The molecule has 0 radical (unpaired) electrons. The summed E-state index contributed by atoms with van der Waals surface area (Å²) in [4.78, 5) is 46.1. The summed E-state index contributed by atoms with van der Waals surface area (Å²) in [6.07, 6.45) is -0.228. The average Bonchev–Trinajstić information content (AvgIpc) is 3.63. The number of benzene rings is 3. The number of carbonyl (C=O) groups excluding carboxylic acids is 3. The van der Waals surface area contributed by atoms with E-state index in [0.717, 1.165) is 18.8 Å². The van der Waals surface area contributed by atoms with Crippen LogP contribution < -0.4 is 15.5 Å². The Labute approximate surface area is 265 Å². The van der Waals surface area contributed by atoms with Gasteiger partial charge >= 0.3 is 0 Å². The first kappa shape index (κ1) is 30.3. The standard InChI is InChI=1S/C34H37BrN4O5/c1-3-38(4-2)24-17-15-23(16-18-24)37-32(42)30-34-19-25(35)29(44-34)27(31(41)36-22-13-9-6-10-14-22)28(34)33(43)39(30)26(20-40)21-11-7-5-8-12-21/h5-18,25-30,40H,3-4,19-20H2,1-2H3,(H,36,41)(H,37,42)/t25?,26-,27+,28+,29+,30?,34?/m1/s1. The minimum absolute atomic E-state index is 0.244. The van der Waals surface area contributed by atoms with Gasteiger partial charge in [0, 0.05) is 35.0 Å². The predicted molar refractivity (Wildman–Crippen MR) is 173 cm³/mol. The third-order valence-corrected chi connectivity index (χ3v) is 10.1. The maximum Gasteiger partial charge on any atom is 0.250 e. The Morgan fingerprint density at radius 1 is 0.955 bits per heavy atom. The van der Waals surface area contributed by atoms with Gasteiger partial charge in [-0.15, -0.1) is 0 Å². The number of fused-ring (bicyclic) bond motifs is 1. The number of rotatable bonds is 10. The molecule has 7 atom stereocenters. The molecule has 1 spiro atoms. The third kappa shape index (κ3) is 5.08. The monoisotopic (exact) mass is 660 g/mol. The number of amides is 3. The van der Waals surface area contributed by atoms with Crippen molar-refractivity contribution in [1.82, 2.24) is 4.90 Å². The fourth-order valence-corrected chi connectivity index (χ4v) is 8.28. The van der Waals surface area contributed by atoms with Crippen molar-refractivity contribution in [3.05, 3.63) is 90.5 Å². The van der Waals surface area contributed by atoms with Gasteiger partial charge in [0.2, 0.25) is 17.7 Å². The van der Waals surface area contributed by atoms with Gasteiger partial charge in [0.25, 0.3) is 0 Å². The Morgan fingerprint density at radius 3 is 2.16 bits per heavy atom. The highest BCUT2D eigenvalue weighted by Gasteiger charge is 2.77. The van der Waals surface area contributed by atoms with E-state index >= 15 is 0 Å². The molecule has 2 bridgehead atoms. The van der Waals surface area contributed by atoms with Crippen molar-refractivity contribution in [1.29, 1.82) is 0 Å². The molecule has 3 saturated heterocycles. The van der Waals surface area contributed by atoms with E-state index in [-0.39, 0.29) is 16.6 Å². The number of ether oxygens (including phenoxy) is 1. The van der Waals surface area contributed by atoms with E-state index in [4.69, 9.17) is 4.74 Å². The maximum atomic E-state index is 14.5. The number of halogens is 1. The van der Waals surface area contributed by atoms with Crippen LogP contribution in [0.3, 0.4) is 0 Å². The first-order valence-electron chi connectivity index (χ1n) is 15.1. The topological polar surface area (TPSA) is 111 Å². The van der Waals surface area contributed by atoms with Gasteiger partial charge in [0.15, 0.2) is 0 Å². The smallest absolute Gasteiger partial charge is 0.250 e. The zero-order valence-corrected chi connectivity index (χ0v) is 26.3. The molecule has 0 aromatic heterocycles. The Hall–Kier alpha value is -3.73. The summed E-state index contributed by atoms with van der Waals surface area (Å²) in [5, 5.41) is 16.6. The molecule has 3 unspecified atom stereocenters. The van der Waals surface area contributed by atoms with Gasteiger partial charge in [0.05, 0.1) is 30.6 Å². The van der Waals surface area contributed by atoms with E-state index in [1.54, 1.807) is 12.1 Å². The highest BCUT2D eigenvalue weighted by molar-refractivity contribution is 9.09. The van der Waals surface area contributed by atoms with E-state index in [2.05, 4.69) is 45.3 Å². The van der Waals surface area contributed by atoms with Crippen molar-refractivity contribution in [2.24, 2.45) is 11.8 Å². The van der Waals surface area contributed by atoms with Crippen molar-refractivity contribution >= 4 is 50.7 Å². The van der Waals surface area contributed by atoms with Crippen LogP contribution in [0.1, 0.15) is 31.9 Å². The molecule has 230 valence electrons. The minimum Gasteiger partial charge on any atom is -0.394 e. The van der Waals surface area contributed by atoms with Crippen LogP contribution in [-0.4, -0.2) is 70.0 Å². The lowest BCUT2D eigenvalue weighted by Gasteiger charge is -2.37. The highest BCUT2D eigenvalue weighted by Crippen LogP contribution is 2.61. The number of aliphatic hydroxyl groups is 1. The van der Waals surface area contributed by atoms with Crippen LogP contribution in [0.4, 0.5) is 17.1 Å². The van der Waals surface area contributed by atoms with Crippen molar-refractivity contribution < 1.29 is 24.2 Å². The summed E-state index contributed by atoms with van der Waals surface area (Å²) < 4.78 is 6.63. The molecular weight excluding hydrogens is 624 g/mol. The normalized spacial score (nSPS) is 27.6. The fraction of sp³-hybridized carbons (Fsp3) is 0.382. The summed E-state index contributed by atoms with van der Waals surface area (Å²) in [7, 11) is 0. The molecule has 0 aliphatic carbocycles. The fourth-order valence-electron chi connectivity index (χ4n) is 7.33. The largest absolute Gasteiger partial charge is 0.394 e. The lowest BCUT2D eigenvalue weighted by molar-refractivity contribution is -0.143. The van der Waals surface area contributed by atoms with Crippen LogP contribution in [0.5, 0.6) is 0 Å². The summed E-state index contributed by atoms with van der Waals surface area (Å²) in [6.45, 7) is 5.50. The molecule has 3 aliphatic rings. The molecule has 44 heavy (non-hydrogen) atoms. The number of likely N-dealkylation sites (tertiary alicyclic amines) is 1. The van der Waals surface area contributed by atoms with Gasteiger partial charge < -0.3 is 30.3 Å². The summed E-state index contributed by atoms with van der Waals surface area (Å²) in [6, 6.07) is 24.0. The molecule has 0 saturated carbocycles. The SMILES string of the molecule is CCN(CC)c1ccc(NC(=O)C2N([C@H](CO)c3ccccc3)C(=O)[C@@H]3[C@H](C(=O)Nc4ccccc4)[C@H]4OC23CC4Br)cc1. The van der Waals surface area contributed by atoms with E-state index < -0.39 is 48.1 Å². The average molecular weight is 662 g/mol. The summed E-state index contributed by atoms with van der Waals surface area (Å²) in [5.41, 5.74) is 1.67. The number of para-hydroxylation sites is 1. The van der Waals surface area contributed by atoms with E-state index in [1.165, 1.54) is 4.90 Å². The van der Waals surface area contributed by atoms with Crippen LogP contribution in [0, 0.1) is 11.8 Å². The first-order chi connectivity index (χ1) is 21.3. The van der Waals surface area contributed by atoms with Crippen LogP contribution >= 0.6 is 15.9 Å². The molecule has 3 N–H and O–H groups in total. The van der Waals surface area contributed by atoms with Crippen molar-refractivity contribution in [3.63, 3.8) is 0 Å². The van der Waals surface area contributed by atoms with Crippen LogP contribution in [0.15, 0.2) is 84.9 Å². The lowest BCUT2D eigenvalue weighted by Crippen LogP contribution is -2.55. The number of alkyl halides is 1. The number of anilines is 3. The summed E-state index contributed by atoms with van der Waals surface area (Å²) in [5.74, 6) is -2.86. The Morgan fingerprint density at radius 2 is 1.55 bits per heavy atom. The molecule has 3 heterocycles. The van der Waals surface area contributed by atoms with Crippen molar-refractivity contribution in [2.45, 2.75) is 48.9 Å². The number of hydrogen-bond acceptors (Lipinski definition) is 6. The van der Waals surface area contributed by atoms with E-state index in [1.807, 2.05) is 72.8 Å². The van der Waals surface area contributed by atoms with Gasteiger partial charge in [0.1, 0.15) is 11.6 Å². The highest BCUT2D eigenvalue weighted by atomic mass is 79.9. The van der Waals surface area contributed by atoms with Gasteiger partial charge in [-0.2, -0.15) is 0 Å². The van der Waals surface area contributed by atoms with Gasteiger partial charge in [-0.1, -0.05) is 64.5 Å². The second-order valence-electron chi connectivity index (χ2n) is 11.6. The quantitative estimate of drug-likeness (QED) is 0.274. The zero-order valence-electron chi connectivity index (χ0n) is 24.7. The molecule has 3 amide bonds. The predicted octanol–water partition coefficient (Wildman–Crippen LogP) is 4.59. The molecule has 6 rings (SSSR count). The number of carbonyl (C=O) groups is 3. The lowest BCUT2D eigenvalue weighted by atomic mass is 9.70. The molecule has 3 fully saturated rings. The third-order valence-electron chi connectivity index (χ3n) is 9.28. The van der Waals surface area contributed by atoms with Crippen molar-refractivity contribution in [2.75, 3.05) is 35.2 Å². The second-order valence-corrected chi connectivity index (χ2v) is 12.8. The summed E-state index contributed by atoms with van der Waals surface area (Å²) >= 11 is 3.72. The number of nitrogens with zero attached hydrogens (tertiary/aromatic N) is 2. The van der Waals surface area contributed by atoms with Crippen LogP contribution in [0.2, 0.25) is 0 Å². The van der Waals surface area contributed by atoms with E-state index in [0.29, 0.717) is 23.4 Å². The van der Waals surface area contributed by atoms with E-state index in [9.17, 15) is 19.5 Å². The molecular formula is C34H37BrN4O5. The number of aliphatic hydroxyl groups excluding tert-OH is 1. The Bertz CT molecular complexity index is 1500. The van der Waals surface area contributed by atoms with Crippen molar-refractivity contribution in [3.8, 4) is 0 Å². The first-order valence-corrected chi connectivity index (χ1v) is 16.1. The number of hydrogen-bond donors (Lipinski definition) is 3. The van der Waals surface area contributed by atoms with Crippen LogP contribution in [-0.2, 0) is 19.1 Å². The molecule has 3 aromatic rings. The molecule has 3 aliphatic heterocycles. The second kappa shape index (κ2) is 12.3. The maximum absolute atomic E-state index is 14.5. The molecule has 10 heteroatoms. The zero-order chi connectivity index (χ0) is 31.0. The number of nitrogens with one attached hydrogen (secondary N) is 2.